The van der Waals surface area contributed by atoms with Crippen LogP contribution in [0, 0.1) is 12.7 Å². The lowest BCUT2D eigenvalue weighted by Crippen LogP contribution is -2.27. The summed E-state index contributed by atoms with van der Waals surface area (Å²) in [5, 5.41) is 8.31. The van der Waals surface area contributed by atoms with Crippen LogP contribution in [0.5, 0.6) is 0 Å². The van der Waals surface area contributed by atoms with Crippen LogP contribution in [0.2, 0.25) is 0 Å². The minimum Gasteiger partial charge on any atom is -0.243 e. The van der Waals surface area contributed by atoms with Crippen molar-refractivity contribution in [3.05, 3.63) is 33.5 Å². The maximum atomic E-state index is 13.9. The van der Waals surface area contributed by atoms with Gasteiger partial charge in [-0.25, -0.2) is 17.1 Å². The van der Waals surface area contributed by atoms with E-state index < -0.39 is 20.7 Å². The number of nitrogens with zero attached hydrogens (tertiary/aromatic N) is 3. The van der Waals surface area contributed by atoms with Crippen molar-refractivity contribution >= 4 is 42.4 Å². The van der Waals surface area contributed by atoms with Gasteiger partial charge in [0.25, 0.3) is 10.0 Å². The number of aromatic nitrogens is 2. The molecule has 0 radical (unpaired) electrons. The third-order valence-corrected chi connectivity index (χ3v) is 5.75. The Bertz CT molecular complexity index is 717. The van der Waals surface area contributed by atoms with Crippen LogP contribution in [-0.2, 0) is 10.0 Å². The molecule has 1 aromatic heterocycles. The fraction of sp³-hybridized carbons (Fsp3) is 0.200. The molecule has 0 amide bonds. The van der Waals surface area contributed by atoms with E-state index >= 15 is 0 Å². The SMILES string of the molecule is Cc1nnc(N(C)S(=O)(=O)c2cccc(Br)c2F)s1. The first kappa shape index (κ1) is 14.4. The Morgan fingerprint density at radius 2 is 2.05 bits per heavy atom. The number of hydrogen-bond donors (Lipinski definition) is 0. The molecule has 0 aliphatic heterocycles. The van der Waals surface area contributed by atoms with E-state index in [9.17, 15) is 12.8 Å². The first-order chi connectivity index (χ1) is 8.84. The second-order valence-corrected chi connectivity index (χ2v) is 7.58. The number of aryl methyl sites for hydroxylation is 1. The second-order valence-electron chi connectivity index (χ2n) is 3.63. The Labute approximate surface area is 122 Å². The van der Waals surface area contributed by atoms with E-state index in [4.69, 9.17) is 0 Å². The normalized spacial score (nSPS) is 11.6. The number of halogens is 2. The molecule has 0 saturated heterocycles. The van der Waals surface area contributed by atoms with E-state index in [1.807, 2.05) is 0 Å². The van der Waals surface area contributed by atoms with Crippen LogP contribution in [0.25, 0.3) is 0 Å². The zero-order chi connectivity index (χ0) is 14.2. The smallest absolute Gasteiger partial charge is 0.243 e. The van der Waals surface area contributed by atoms with Crippen molar-refractivity contribution in [2.75, 3.05) is 11.4 Å². The van der Waals surface area contributed by atoms with Gasteiger partial charge in [0.15, 0.2) is 5.82 Å². The Hall–Kier alpha value is -1.06. The average molecular weight is 366 g/mol. The third-order valence-electron chi connectivity index (χ3n) is 2.34. The molecule has 0 spiro atoms. The lowest BCUT2D eigenvalue weighted by molar-refractivity contribution is 0.562. The van der Waals surface area contributed by atoms with Gasteiger partial charge in [-0.2, -0.15) is 0 Å². The van der Waals surface area contributed by atoms with Gasteiger partial charge in [-0.15, -0.1) is 10.2 Å². The molecule has 102 valence electrons. The molecule has 0 atom stereocenters. The highest BCUT2D eigenvalue weighted by atomic mass is 79.9. The van der Waals surface area contributed by atoms with Gasteiger partial charge in [-0.05, 0) is 35.0 Å². The number of sulfonamides is 1. The van der Waals surface area contributed by atoms with Crippen molar-refractivity contribution in [1.29, 1.82) is 0 Å². The summed E-state index contributed by atoms with van der Waals surface area (Å²) in [4.78, 5) is -0.405. The van der Waals surface area contributed by atoms with Gasteiger partial charge in [0.05, 0.1) is 4.47 Å². The molecule has 0 aliphatic rings. The number of hydrogen-bond acceptors (Lipinski definition) is 5. The minimum absolute atomic E-state index is 0.0930. The van der Waals surface area contributed by atoms with Gasteiger partial charge in [-0.3, -0.25) is 0 Å². The molecule has 0 aliphatic carbocycles. The molecule has 9 heteroatoms. The fourth-order valence-corrected chi connectivity index (χ4v) is 3.93. The van der Waals surface area contributed by atoms with Crippen LogP contribution in [0.3, 0.4) is 0 Å². The maximum absolute atomic E-state index is 13.9. The van der Waals surface area contributed by atoms with Crippen LogP contribution in [0.15, 0.2) is 27.6 Å². The summed E-state index contributed by atoms with van der Waals surface area (Å²) in [5.74, 6) is -0.824. The minimum atomic E-state index is -4.00. The molecule has 0 N–H and O–H groups in total. The van der Waals surface area contributed by atoms with Crippen molar-refractivity contribution in [2.45, 2.75) is 11.8 Å². The average Bonchev–Trinajstić information content (AvgIpc) is 2.78. The molecule has 0 unspecified atom stereocenters. The van der Waals surface area contributed by atoms with Crippen molar-refractivity contribution in [2.24, 2.45) is 0 Å². The van der Waals surface area contributed by atoms with Crippen molar-refractivity contribution < 1.29 is 12.8 Å². The molecule has 0 saturated carbocycles. The fourth-order valence-electron chi connectivity index (χ4n) is 1.35. The third kappa shape index (κ3) is 2.63. The van der Waals surface area contributed by atoms with E-state index in [1.165, 1.54) is 25.2 Å². The highest BCUT2D eigenvalue weighted by Crippen LogP contribution is 2.28. The Kier molecular flexibility index (Phi) is 3.88. The van der Waals surface area contributed by atoms with Crippen molar-refractivity contribution in [3.8, 4) is 0 Å². The molecule has 0 fully saturated rings. The molecular formula is C10H9BrFN3O2S2. The predicted molar refractivity (Wildman–Crippen MR) is 74.3 cm³/mol. The van der Waals surface area contributed by atoms with Gasteiger partial charge < -0.3 is 0 Å². The first-order valence-corrected chi connectivity index (χ1v) is 8.12. The van der Waals surface area contributed by atoms with Gasteiger partial charge in [0.1, 0.15) is 9.90 Å². The zero-order valence-corrected chi connectivity index (χ0v) is 13.2. The van der Waals surface area contributed by atoms with Crippen LogP contribution >= 0.6 is 27.3 Å². The number of anilines is 1. The molecular weight excluding hydrogens is 357 g/mol. The van der Waals surface area contributed by atoms with Gasteiger partial charge in [0, 0.05) is 7.05 Å². The summed E-state index contributed by atoms with van der Waals surface area (Å²) < 4.78 is 39.5. The number of rotatable bonds is 3. The molecule has 2 rings (SSSR count). The van der Waals surface area contributed by atoms with E-state index in [-0.39, 0.29) is 9.60 Å². The summed E-state index contributed by atoms with van der Waals surface area (Å²) in [6.45, 7) is 1.71. The summed E-state index contributed by atoms with van der Waals surface area (Å²) in [5.41, 5.74) is 0. The van der Waals surface area contributed by atoms with Crippen molar-refractivity contribution in [3.63, 3.8) is 0 Å². The van der Waals surface area contributed by atoms with Crippen LogP contribution < -0.4 is 4.31 Å². The summed E-state index contributed by atoms with van der Waals surface area (Å²) in [6, 6.07) is 4.10. The Balaban J connectivity index is 2.51. The Morgan fingerprint density at radius 1 is 1.37 bits per heavy atom. The number of benzene rings is 1. The summed E-state index contributed by atoms with van der Waals surface area (Å²) in [7, 11) is -2.68. The molecule has 0 bridgehead atoms. The van der Waals surface area contributed by atoms with Crippen LogP contribution in [-0.4, -0.2) is 25.7 Å². The molecule has 1 aromatic carbocycles. The van der Waals surface area contributed by atoms with Crippen LogP contribution in [0.1, 0.15) is 5.01 Å². The molecule has 2 aromatic rings. The van der Waals surface area contributed by atoms with Gasteiger partial charge in [-0.1, -0.05) is 17.4 Å². The maximum Gasteiger partial charge on any atom is 0.268 e. The molecule has 5 nitrogen and oxygen atoms in total. The highest BCUT2D eigenvalue weighted by Gasteiger charge is 2.27. The quantitative estimate of drug-likeness (QED) is 0.838. The van der Waals surface area contributed by atoms with Crippen LogP contribution in [0.4, 0.5) is 9.52 Å². The van der Waals surface area contributed by atoms with Crippen molar-refractivity contribution in [1.82, 2.24) is 10.2 Å². The molecule has 19 heavy (non-hydrogen) atoms. The van der Waals surface area contributed by atoms with E-state index in [0.717, 1.165) is 15.6 Å². The second kappa shape index (κ2) is 5.14. The predicted octanol–water partition coefficient (Wildman–Crippen LogP) is 2.57. The highest BCUT2D eigenvalue weighted by molar-refractivity contribution is 9.10. The zero-order valence-electron chi connectivity index (χ0n) is 9.96. The largest absolute Gasteiger partial charge is 0.268 e. The summed E-state index contributed by atoms with van der Waals surface area (Å²) >= 11 is 4.08. The molecule has 1 heterocycles. The van der Waals surface area contributed by atoms with E-state index in [1.54, 1.807) is 6.92 Å². The monoisotopic (exact) mass is 365 g/mol. The lowest BCUT2D eigenvalue weighted by Gasteiger charge is -2.16. The summed E-state index contributed by atoms with van der Waals surface area (Å²) in [6.07, 6.45) is 0. The standard InChI is InChI=1S/C10H9BrFN3O2S2/c1-6-13-14-10(18-6)15(2)19(16,17)8-5-3-4-7(11)9(8)12/h3-5H,1-2H3. The van der Waals surface area contributed by atoms with E-state index in [0.29, 0.717) is 5.01 Å². The first-order valence-electron chi connectivity index (χ1n) is 5.07. The Morgan fingerprint density at radius 3 is 2.63 bits per heavy atom. The van der Waals surface area contributed by atoms with Gasteiger partial charge >= 0.3 is 0 Å². The lowest BCUT2D eigenvalue weighted by atomic mass is 10.3. The van der Waals surface area contributed by atoms with Gasteiger partial charge in [0.2, 0.25) is 5.13 Å². The van der Waals surface area contributed by atoms with E-state index in [2.05, 4.69) is 26.1 Å². The topological polar surface area (TPSA) is 63.2 Å².